The molecule has 6 heteroatoms. The summed E-state index contributed by atoms with van der Waals surface area (Å²) in [6.45, 7) is 3.88. The highest BCUT2D eigenvalue weighted by Crippen LogP contribution is 2.45. The van der Waals surface area contributed by atoms with Crippen molar-refractivity contribution in [1.29, 1.82) is 0 Å². The SMILES string of the molecule is COC(=O)C(C(=O)OC)[C@@H]1CC(=O)[C@@H](Br)CC1(C)C. The van der Waals surface area contributed by atoms with Gasteiger partial charge in [-0.1, -0.05) is 29.8 Å². The van der Waals surface area contributed by atoms with Crippen LogP contribution in [0.3, 0.4) is 0 Å². The van der Waals surface area contributed by atoms with Crippen molar-refractivity contribution < 1.29 is 23.9 Å². The Morgan fingerprint density at radius 3 is 2.16 bits per heavy atom. The highest BCUT2D eigenvalue weighted by molar-refractivity contribution is 9.10. The molecule has 0 spiro atoms. The van der Waals surface area contributed by atoms with E-state index in [1.54, 1.807) is 0 Å². The fourth-order valence-corrected chi connectivity index (χ4v) is 3.62. The third-order valence-corrected chi connectivity index (χ3v) is 4.63. The van der Waals surface area contributed by atoms with E-state index in [4.69, 9.17) is 0 Å². The van der Waals surface area contributed by atoms with Crippen LogP contribution in [0.5, 0.6) is 0 Å². The van der Waals surface area contributed by atoms with Crippen molar-refractivity contribution in [3.8, 4) is 0 Å². The number of ketones is 1. The standard InChI is InChI=1S/C13H19BrO5/c1-13(2)6-8(14)9(15)5-7(13)10(11(16)18-3)12(17)19-4/h7-8,10H,5-6H2,1-4H3/t7-,8-/m0/s1. The number of hydrogen-bond donors (Lipinski definition) is 0. The van der Waals surface area contributed by atoms with Gasteiger partial charge in [-0.2, -0.15) is 0 Å². The lowest BCUT2D eigenvalue weighted by molar-refractivity contribution is -0.165. The summed E-state index contributed by atoms with van der Waals surface area (Å²) < 4.78 is 9.36. The van der Waals surface area contributed by atoms with Gasteiger partial charge in [0, 0.05) is 6.42 Å². The summed E-state index contributed by atoms with van der Waals surface area (Å²) in [5, 5.41) is 0. The summed E-state index contributed by atoms with van der Waals surface area (Å²) in [4.78, 5) is 35.3. The van der Waals surface area contributed by atoms with Crippen LogP contribution in [-0.2, 0) is 23.9 Å². The minimum absolute atomic E-state index is 0.00197. The molecular formula is C13H19BrO5. The van der Waals surface area contributed by atoms with Crippen molar-refractivity contribution in [2.75, 3.05) is 14.2 Å². The second kappa shape index (κ2) is 6.03. The molecule has 0 aromatic carbocycles. The molecule has 1 rings (SSSR count). The van der Waals surface area contributed by atoms with Crippen LogP contribution < -0.4 is 0 Å². The summed E-state index contributed by atoms with van der Waals surface area (Å²) in [6.07, 6.45) is 0.735. The first-order chi connectivity index (χ1) is 8.74. The molecule has 1 fully saturated rings. The Bertz CT molecular complexity index is 374. The molecule has 0 aromatic heterocycles. The van der Waals surface area contributed by atoms with E-state index < -0.39 is 23.8 Å². The largest absolute Gasteiger partial charge is 0.468 e. The Hall–Kier alpha value is -0.910. The number of carbonyl (C=O) groups is 3. The lowest BCUT2D eigenvalue weighted by atomic mass is 9.63. The summed E-state index contributed by atoms with van der Waals surface area (Å²) in [7, 11) is 2.45. The molecule has 0 unspecified atom stereocenters. The summed E-state index contributed by atoms with van der Waals surface area (Å²) >= 11 is 3.33. The quantitative estimate of drug-likeness (QED) is 0.446. The molecule has 0 saturated heterocycles. The molecule has 108 valence electrons. The van der Waals surface area contributed by atoms with Crippen LogP contribution in [0.1, 0.15) is 26.7 Å². The van der Waals surface area contributed by atoms with Crippen LogP contribution >= 0.6 is 15.9 Å². The third-order valence-electron chi connectivity index (χ3n) is 3.79. The average Bonchev–Trinajstić information content (AvgIpc) is 2.34. The average molecular weight is 335 g/mol. The van der Waals surface area contributed by atoms with Gasteiger partial charge < -0.3 is 9.47 Å². The van der Waals surface area contributed by atoms with Gasteiger partial charge >= 0.3 is 11.9 Å². The van der Waals surface area contributed by atoms with E-state index in [-0.39, 0.29) is 22.4 Å². The zero-order valence-corrected chi connectivity index (χ0v) is 13.2. The van der Waals surface area contributed by atoms with Crippen molar-refractivity contribution in [3.63, 3.8) is 0 Å². The third kappa shape index (κ3) is 3.35. The van der Waals surface area contributed by atoms with Gasteiger partial charge in [-0.3, -0.25) is 14.4 Å². The Morgan fingerprint density at radius 2 is 1.74 bits per heavy atom. The minimum atomic E-state index is -1.05. The first-order valence-electron chi connectivity index (χ1n) is 6.07. The maximum atomic E-state index is 11.9. The van der Waals surface area contributed by atoms with E-state index in [2.05, 4.69) is 25.4 Å². The van der Waals surface area contributed by atoms with Gasteiger partial charge in [-0.15, -0.1) is 0 Å². The molecule has 0 radical (unpaired) electrons. The fourth-order valence-electron chi connectivity index (χ4n) is 2.60. The van der Waals surface area contributed by atoms with Crippen LogP contribution in [0.2, 0.25) is 0 Å². The lowest BCUT2D eigenvalue weighted by Crippen LogP contribution is -2.47. The van der Waals surface area contributed by atoms with Crippen molar-refractivity contribution in [2.45, 2.75) is 31.5 Å². The van der Waals surface area contributed by atoms with E-state index in [0.717, 1.165) is 0 Å². The molecule has 0 bridgehead atoms. The minimum Gasteiger partial charge on any atom is -0.468 e. The fraction of sp³-hybridized carbons (Fsp3) is 0.769. The number of Topliss-reactive ketones (excluding diaryl/α,β-unsaturated/α-hetero) is 1. The monoisotopic (exact) mass is 334 g/mol. The van der Waals surface area contributed by atoms with Crippen LogP contribution in [0.15, 0.2) is 0 Å². The molecule has 2 atom stereocenters. The lowest BCUT2D eigenvalue weighted by Gasteiger charge is -2.42. The molecule has 1 aliphatic carbocycles. The molecule has 0 aliphatic heterocycles. The molecule has 5 nitrogen and oxygen atoms in total. The maximum absolute atomic E-state index is 11.9. The van der Waals surface area contributed by atoms with Gasteiger partial charge in [0.05, 0.1) is 19.0 Å². The number of carbonyl (C=O) groups excluding carboxylic acids is 3. The topological polar surface area (TPSA) is 69.7 Å². The van der Waals surface area contributed by atoms with Gasteiger partial charge in [0.15, 0.2) is 5.92 Å². The van der Waals surface area contributed by atoms with Gasteiger partial charge in [0.1, 0.15) is 5.78 Å². The van der Waals surface area contributed by atoms with Gasteiger partial charge in [0.25, 0.3) is 0 Å². The second-order valence-corrected chi connectivity index (χ2v) is 6.57. The number of halogens is 1. The molecule has 0 amide bonds. The number of esters is 2. The van der Waals surface area contributed by atoms with E-state index in [1.165, 1.54) is 14.2 Å². The van der Waals surface area contributed by atoms with E-state index in [1.807, 2.05) is 13.8 Å². The summed E-state index contributed by atoms with van der Waals surface area (Å²) in [6, 6.07) is 0. The Kier molecular flexibility index (Phi) is 5.12. The predicted molar refractivity (Wildman–Crippen MR) is 71.7 cm³/mol. The highest BCUT2D eigenvalue weighted by atomic mass is 79.9. The van der Waals surface area contributed by atoms with Crippen molar-refractivity contribution in [3.05, 3.63) is 0 Å². The summed E-state index contributed by atoms with van der Waals surface area (Å²) in [5.74, 6) is -2.75. The smallest absolute Gasteiger partial charge is 0.320 e. The number of hydrogen-bond acceptors (Lipinski definition) is 5. The number of methoxy groups -OCH3 is 2. The molecule has 1 aliphatic rings. The Morgan fingerprint density at radius 1 is 1.26 bits per heavy atom. The van der Waals surface area contributed by atoms with Crippen LogP contribution in [0.25, 0.3) is 0 Å². The van der Waals surface area contributed by atoms with E-state index in [0.29, 0.717) is 6.42 Å². The van der Waals surface area contributed by atoms with Gasteiger partial charge in [0.2, 0.25) is 0 Å². The molecule has 19 heavy (non-hydrogen) atoms. The first-order valence-corrected chi connectivity index (χ1v) is 6.98. The number of ether oxygens (including phenoxy) is 2. The van der Waals surface area contributed by atoms with E-state index >= 15 is 0 Å². The molecule has 0 aromatic rings. The summed E-state index contributed by atoms with van der Waals surface area (Å²) in [5.41, 5.74) is -0.338. The Labute approximate surface area is 121 Å². The predicted octanol–water partition coefficient (Wildman–Crippen LogP) is 1.72. The first kappa shape index (κ1) is 16.1. The van der Waals surface area contributed by atoms with Gasteiger partial charge in [-0.05, 0) is 17.8 Å². The van der Waals surface area contributed by atoms with Crippen molar-refractivity contribution in [2.24, 2.45) is 17.3 Å². The normalized spacial score (nSPS) is 26.1. The zero-order valence-electron chi connectivity index (χ0n) is 11.6. The number of alkyl halides is 1. The molecule has 0 N–H and O–H groups in total. The van der Waals surface area contributed by atoms with E-state index in [9.17, 15) is 14.4 Å². The molecule has 0 heterocycles. The molecular weight excluding hydrogens is 316 g/mol. The molecule has 1 saturated carbocycles. The zero-order chi connectivity index (χ0) is 14.8. The highest BCUT2D eigenvalue weighted by Gasteiger charge is 2.49. The van der Waals surface area contributed by atoms with Crippen molar-refractivity contribution >= 4 is 33.7 Å². The van der Waals surface area contributed by atoms with Gasteiger partial charge in [-0.25, -0.2) is 0 Å². The van der Waals surface area contributed by atoms with Crippen molar-refractivity contribution in [1.82, 2.24) is 0 Å². The van der Waals surface area contributed by atoms with Crippen LogP contribution in [0, 0.1) is 17.3 Å². The number of rotatable bonds is 3. The van der Waals surface area contributed by atoms with Crippen LogP contribution in [-0.4, -0.2) is 36.8 Å². The maximum Gasteiger partial charge on any atom is 0.320 e. The Balaban J connectivity index is 3.09. The second-order valence-electron chi connectivity index (χ2n) is 5.46. The van der Waals surface area contributed by atoms with Crippen LogP contribution in [0.4, 0.5) is 0 Å².